The standard InChI is InChI=1S/C23H22N4O2S2/c1-17-9-11-20(12-10-17)30-15-21-25-26-23(27(21)18-6-3-2-4-7-18)31-16-22(28)24-14-19-8-5-13-29-19/h2-13H,14-16H2,1H3,(H,24,28). The average molecular weight is 451 g/mol. The Labute approximate surface area is 189 Å². The van der Waals surface area contributed by atoms with Crippen LogP contribution in [-0.2, 0) is 17.1 Å². The minimum atomic E-state index is -0.0837. The lowest BCUT2D eigenvalue weighted by Crippen LogP contribution is -2.24. The van der Waals surface area contributed by atoms with Crippen LogP contribution in [-0.4, -0.2) is 26.4 Å². The van der Waals surface area contributed by atoms with Crippen LogP contribution in [0.3, 0.4) is 0 Å². The summed E-state index contributed by atoms with van der Waals surface area (Å²) in [6, 6.07) is 22.0. The van der Waals surface area contributed by atoms with E-state index in [-0.39, 0.29) is 11.7 Å². The Morgan fingerprint density at radius 2 is 1.81 bits per heavy atom. The number of amides is 1. The highest BCUT2D eigenvalue weighted by atomic mass is 32.2. The summed E-state index contributed by atoms with van der Waals surface area (Å²) < 4.78 is 7.27. The van der Waals surface area contributed by atoms with E-state index in [4.69, 9.17) is 4.42 Å². The molecule has 1 amide bonds. The lowest BCUT2D eigenvalue weighted by atomic mass is 10.2. The van der Waals surface area contributed by atoms with Crippen LogP contribution in [0, 0.1) is 6.92 Å². The zero-order chi connectivity index (χ0) is 21.5. The molecule has 0 spiro atoms. The number of benzene rings is 2. The van der Waals surface area contributed by atoms with E-state index in [0.29, 0.717) is 17.5 Å². The third-order valence-electron chi connectivity index (χ3n) is 4.48. The molecule has 2 heterocycles. The molecule has 2 aromatic carbocycles. The van der Waals surface area contributed by atoms with Crippen LogP contribution in [0.5, 0.6) is 0 Å². The Morgan fingerprint density at radius 1 is 1.00 bits per heavy atom. The number of nitrogens with zero attached hydrogens (tertiary/aromatic N) is 3. The number of nitrogens with one attached hydrogen (secondary N) is 1. The minimum absolute atomic E-state index is 0.0837. The van der Waals surface area contributed by atoms with Gasteiger partial charge in [-0.2, -0.15) is 0 Å². The summed E-state index contributed by atoms with van der Waals surface area (Å²) in [6.07, 6.45) is 1.59. The summed E-state index contributed by atoms with van der Waals surface area (Å²) >= 11 is 3.08. The van der Waals surface area contributed by atoms with Gasteiger partial charge in [-0.15, -0.1) is 22.0 Å². The van der Waals surface area contributed by atoms with Gasteiger partial charge < -0.3 is 9.73 Å². The summed E-state index contributed by atoms with van der Waals surface area (Å²) in [5, 5.41) is 12.3. The van der Waals surface area contributed by atoms with Crippen LogP contribution < -0.4 is 5.32 Å². The number of rotatable bonds is 9. The van der Waals surface area contributed by atoms with E-state index < -0.39 is 0 Å². The van der Waals surface area contributed by atoms with Crippen molar-refractivity contribution in [3.8, 4) is 5.69 Å². The summed E-state index contributed by atoms with van der Waals surface area (Å²) in [7, 11) is 0. The molecule has 158 valence electrons. The highest BCUT2D eigenvalue weighted by Gasteiger charge is 2.16. The van der Waals surface area contributed by atoms with Gasteiger partial charge >= 0.3 is 0 Å². The molecule has 0 fully saturated rings. The van der Waals surface area contributed by atoms with Crippen LogP contribution in [0.1, 0.15) is 17.1 Å². The Hall–Kier alpha value is -2.97. The number of carbonyl (C=O) groups excluding carboxylic acids is 1. The first kappa shape index (κ1) is 21.3. The molecule has 31 heavy (non-hydrogen) atoms. The Bertz CT molecular complexity index is 1110. The average Bonchev–Trinajstić information content (AvgIpc) is 3.46. The number of hydrogen-bond donors (Lipinski definition) is 1. The van der Waals surface area contributed by atoms with Crippen molar-refractivity contribution < 1.29 is 9.21 Å². The van der Waals surface area contributed by atoms with E-state index in [1.807, 2.05) is 41.0 Å². The van der Waals surface area contributed by atoms with Crippen molar-refractivity contribution in [3.63, 3.8) is 0 Å². The van der Waals surface area contributed by atoms with Gasteiger partial charge in [-0.1, -0.05) is 47.7 Å². The number of para-hydroxylation sites is 1. The minimum Gasteiger partial charge on any atom is -0.467 e. The molecule has 0 aliphatic heterocycles. The van der Waals surface area contributed by atoms with Crippen LogP contribution >= 0.6 is 23.5 Å². The smallest absolute Gasteiger partial charge is 0.230 e. The maximum absolute atomic E-state index is 12.3. The van der Waals surface area contributed by atoms with Crippen molar-refractivity contribution in [1.29, 1.82) is 0 Å². The zero-order valence-corrected chi connectivity index (χ0v) is 18.7. The Balaban J connectivity index is 1.45. The van der Waals surface area contributed by atoms with Crippen LogP contribution in [0.2, 0.25) is 0 Å². The lowest BCUT2D eigenvalue weighted by Gasteiger charge is -2.10. The summed E-state index contributed by atoms with van der Waals surface area (Å²) in [6.45, 7) is 2.45. The van der Waals surface area contributed by atoms with Crippen molar-refractivity contribution in [2.24, 2.45) is 0 Å². The quantitative estimate of drug-likeness (QED) is 0.367. The maximum Gasteiger partial charge on any atom is 0.230 e. The van der Waals surface area contributed by atoms with Gasteiger partial charge in [0.15, 0.2) is 5.16 Å². The van der Waals surface area contributed by atoms with E-state index in [0.717, 1.165) is 17.3 Å². The second-order valence-corrected chi connectivity index (χ2v) is 8.81. The van der Waals surface area contributed by atoms with Crippen LogP contribution in [0.15, 0.2) is 87.5 Å². The number of hydrogen-bond acceptors (Lipinski definition) is 6. The Morgan fingerprint density at radius 3 is 2.55 bits per heavy atom. The fraction of sp³-hybridized carbons (Fsp3) is 0.174. The second kappa shape index (κ2) is 10.4. The molecule has 2 aromatic heterocycles. The van der Waals surface area contributed by atoms with Gasteiger partial charge in [0.25, 0.3) is 0 Å². The van der Waals surface area contributed by atoms with E-state index in [1.165, 1.54) is 22.2 Å². The number of aryl methyl sites for hydroxylation is 1. The first-order chi connectivity index (χ1) is 15.2. The molecule has 0 saturated carbocycles. The van der Waals surface area contributed by atoms with Gasteiger partial charge in [0, 0.05) is 10.6 Å². The lowest BCUT2D eigenvalue weighted by molar-refractivity contribution is -0.118. The molecule has 0 bridgehead atoms. The molecule has 0 radical (unpaired) electrons. The van der Waals surface area contributed by atoms with Gasteiger partial charge in [-0.3, -0.25) is 9.36 Å². The maximum atomic E-state index is 12.3. The monoisotopic (exact) mass is 450 g/mol. The van der Waals surface area contributed by atoms with E-state index >= 15 is 0 Å². The van der Waals surface area contributed by atoms with Gasteiger partial charge in [0.05, 0.1) is 24.3 Å². The number of carbonyl (C=O) groups is 1. The van der Waals surface area contributed by atoms with Crippen LogP contribution in [0.25, 0.3) is 5.69 Å². The molecule has 1 N–H and O–H groups in total. The van der Waals surface area contributed by atoms with Crippen molar-refractivity contribution in [2.45, 2.75) is 29.3 Å². The van der Waals surface area contributed by atoms with E-state index in [2.05, 4.69) is 46.7 Å². The number of thioether (sulfide) groups is 2. The molecule has 0 aliphatic carbocycles. The third kappa shape index (κ3) is 5.80. The fourth-order valence-corrected chi connectivity index (χ4v) is 4.50. The molecule has 4 aromatic rings. The van der Waals surface area contributed by atoms with Crippen molar-refractivity contribution in [2.75, 3.05) is 5.75 Å². The largest absolute Gasteiger partial charge is 0.467 e. The first-order valence-corrected chi connectivity index (χ1v) is 11.8. The molecule has 0 saturated heterocycles. The third-order valence-corrected chi connectivity index (χ3v) is 6.41. The molecular formula is C23H22N4O2S2. The molecule has 0 unspecified atom stereocenters. The normalized spacial score (nSPS) is 10.9. The summed E-state index contributed by atoms with van der Waals surface area (Å²) in [4.78, 5) is 13.4. The van der Waals surface area contributed by atoms with E-state index in [9.17, 15) is 4.79 Å². The van der Waals surface area contributed by atoms with Gasteiger partial charge in [0.1, 0.15) is 11.6 Å². The molecule has 6 nitrogen and oxygen atoms in total. The van der Waals surface area contributed by atoms with Gasteiger partial charge in [-0.05, 0) is 43.3 Å². The fourth-order valence-electron chi connectivity index (χ4n) is 2.89. The zero-order valence-electron chi connectivity index (χ0n) is 17.0. The Kier molecular flexibility index (Phi) is 7.11. The molecule has 8 heteroatoms. The SMILES string of the molecule is Cc1ccc(SCc2nnc(SCC(=O)NCc3ccco3)n2-c2ccccc2)cc1. The molecule has 0 aliphatic rings. The summed E-state index contributed by atoms with van der Waals surface area (Å²) in [5.41, 5.74) is 2.21. The van der Waals surface area contributed by atoms with Gasteiger partial charge in [-0.25, -0.2) is 0 Å². The molecule has 0 atom stereocenters. The first-order valence-electron chi connectivity index (χ1n) is 9.80. The van der Waals surface area contributed by atoms with Crippen molar-refractivity contribution in [3.05, 3.63) is 90.1 Å². The second-order valence-electron chi connectivity index (χ2n) is 6.82. The van der Waals surface area contributed by atoms with E-state index in [1.54, 1.807) is 24.1 Å². The summed E-state index contributed by atoms with van der Waals surface area (Å²) in [5.74, 6) is 2.41. The van der Waals surface area contributed by atoms with Crippen LogP contribution in [0.4, 0.5) is 0 Å². The highest BCUT2D eigenvalue weighted by Crippen LogP contribution is 2.27. The highest BCUT2D eigenvalue weighted by molar-refractivity contribution is 7.99. The molecule has 4 rings (SSSR count). The predicted molar refractivity (Wildman–Crippen MR) is 123 cm³/mol. The topological polar surface area (TPSA) is 73.0 Å². The number of furan rings is 1. The predicted octanol–water partition coefficient (Wildman–Crippen LogP) is 4.87. The van der Waals surface area contributed by atoms with Crippen molar-refractivity contribution >= 4 is 29.4 Å². The van der Waals surface area contributed by atoms with Gasteiger partial charge in [0.2, 0.25) is 5.91 Å². The number of aromatic nitrogens is 3. The van der Waals surface area contributed by atoms with Crippen molar-refractivity contribution in [1.82, 2.24) is 20.1 Å². The molecular weight excluding hydrogens is 428 g/mol.